The summed E-state index contributed by atoms with van der Waals surface area (Å²) in [4.78, 5) is 39.5. The fourth-order valence-corrected chi connectivity index (χ4v) is 3.94. The minimum Gasteiger partial charge on any atom is -0.363 e. The zero-order valence-electron chi connectivity index (χ0n) is 23.5. The number of nitrogens with one attached hydrogen (secondary N) is 1. The van der Waals surface area contributed by atoms with Gasteiger partial charge in [-0.3, -0.25) is 23.8 Å². The van der Waals surface area contributed by atoms with Gasteiger partial charge in [-0.2, -0.15) is 8.42 Å². The van der Waals surface area contributed by atoms with Crippen molar-refractivity contribution in [3.05, 3.63) is 107 Å². The number of hydrogen-bond donors (Lipinski definition) is 3. The zero-order valence-corrected chi connectivity index (χ0v) is 24.3. The lowest BCUT2D eigenvalue weighted by molar-refractivity contribution is -0.137. The quantitative estimate of drug-likeness (QED) is 0.169. The van der Waals surface area contributed by atoms with Crippen LogP contribution in [0.4, 0.5) is 0 Å². The number of carbonyl (C=O) groups is 3. The maximum Gasteiger partial charge on any atom is 0.287 e. The van der Waals surface area contributed by atoms with E-state index in [1.807, 2.05) is 54.6 Å². The van der Waals surface area contributed by atoms with Crippen LogP contribution in [0.5, 0.6) is 0 Å². The van der Waals surface area contributed by atoms with E-state index >= 15 is 0 Å². The summed E-state index contributed by atoms with van der Waals surface area (Å²) >= 11 is 0. The molecule has 0 aliphatic heterocycles. The molecule has 0 aliphatic carbocycles. The summed E-state index contributed by atoms with van der Waals surface area (Å²) in [5.74, 6) is -2.35. The second-order valence-electron chi connectivity index (χ2n) is 9.30. The van der Waals surface area contributed by atoms with E-state index in [2.05, 4.69) is 48.3 Å². The lowest BCUT2D eigenvalue weighted by Gasteiger charge is -2.18. The van der Waals surface area contributed by atoms with E-state index in [1.165, 1.54) is 5.56 Å². The number of nitrogens with two attached hydrogens (primary N) is 1. The van der Waals surface area contributed by atoms with E-state index < -0.39 is 33.8 Å². The largest absolute Gasteiger partial charge is 0.363 e. The third-order valence-electron chi connectivity index (χ3n) is 6.09. The summed E-state index contributed by atoms with van der Waals surface area (Å²) in [6, 6.07) is 23.6. The SMILES string of the molecule is CCN(CC)Cc1ccc(C=Cc2ccccc2C(=O)NC(Cc2ccccc2)C(=O)C(N)=O)cc1.CS(=O)(=O)O. The number of benzene rings is 3. The third-order valence-corrected chi connectivity index (χ3v) is 6.09. The molecule has 3 aromatic rings. The molecule has 4 N–H and O–H groups in total. The number of rotatable bonds is 12. The van der Waals surface area contributed by atoms with Crippen molar-refractivity contribution >= 4 is 39.9 Å². The Hall–Kier alpha value is -4.12. The molecule has 1 atom stereocenters. The maximum atomic E-state index is 13.2. The van der Waals surface area contributed by atoms with E-state index in [9.17, 15) is 22.8 Å². The van der Waals surface area contributed by atoms with E-state index in [0.29, 0.717) is 17.4 Å². The fraction of sp³-hybridized carbons (Fsp3) is 0.258. The van der Waals surface area contributed by atoms with E-state index in [1.54, 1.807) is 12.1 Å². The van der Waals surface area contributed by atoms with E-state index in [0.717, 1.165) is 30.8 Å². The first-order chi connectivity index (χ1) is 19.4. The highest BCUT2D eigenvalue weighted by atomic mass is 32.2. The highest BCUT2D eigenvalue weighted by molar-refractivity contribution is 7.85. The van der Waals surface area contributed by atoms with Crippen LogP contribution in [-0.4, -0.2) is 60.9 Å². The molecule has 1 unspecified atom stereocenters. The van der Waals surface area contributed by atoms with Crippen molar-refractivity contribution in [2.45, 2.75) is 32.9 Å². The van der Waals surface area contributed by atoms with Crippen LogP contribution in [-0.2, 0) is 32.7 Å². The van der Waals surface area contributed by atoms with E-state index in [4.69, 9.17) is 10.3 Å². The molecule has 0 spiro atoms. The molecule has 3 aromatic carbocycles. The van der Waals surface area contributed by atoms with Crippen LogP contribution in [0.25, 0.3) is 12.2 Å². The summed E-state index contributed by atoms with van der Waals surface area (Å²) in [5, 5.41) is 2.71. The number of nitrogens with zero attached hydrogens (tertiary/aromatic N) is 1. The normalized spacial score (nSPS) is 11.9. The zero-order chi connectivity index (χ0) is 30.4. The minimum atomic E-state index is -3.67. The Morgan fingerprint density at radius 1 is 0.878 bits per heavy atom. The van der Waals surface area contributed by atoms with Gasteiger partial charge in [-0.1, -0.05) is 98.8 Å². The van der Waals surface area contributed by atoms with Gasteiger partial charge in [-0.15, -0.1) is 0 Å². The van der Waals surface area contributed by atoms with Gasteiger partial charge in [0, 0.05) is 18.5 Å². The van der Waals surface area contributed by atoms with Crippen molar-refractivity contribution in [3.8, 4) is 0 Å². The predicted molar refractivity (Wildman–Crippen MR) is 162 cm³/mol. The number of amides is 2. The second kappa shape index (κ2) is 16.2. The molecular weight excluding hydrogens is 542 g/mol. The summed E-state index contributed by atoms with van der Waals surface area (Å²) in [5.41, 5.74) is 9.43. The topological polar surface area (TPSA) is 147 Å². The Bertz CT molecular complexity index is 1430. The fourth-order valence-electron chi connectivity index (χ4n) is 3.94. The van der Waals surface area contributed by atoms with Crippen molar-refractivity contribution in [3.63, 3.8) is 0 Å². The molecule has 0 bridgehead atoms. The maximum absolute atomic E-state index is 13.2. The first-order valence-electron chi connectivity index (χ1n) is 13.1. The third kappa shape index (κ3) is 12.3. The van der Waals surface area contributed by atoms with Gasteiger partial charge < -0.3 is 11.1 Å². The van der Waals surface area contributed by atoms with E-state index in [-0.39, 0.29) is 6.42 Å². The van der Waals surface area contributed by atoms with Crippen LogP contribution < -0.4 is 11.1 Å². The van der Waals surface area contributed by atoms with Crippen LogP contribution in [0.15, 0.2) is 78.9 Å². The van der Waals surface area contributed by atoms with Gasteiger partial charge in [-0.25, -0.2) is 0 Å². The molecule has 41 heavy (non-hydrogen) atoms. The Morgan fingerprint density at radius 3 is 2.00 bits per heavy atom. The summed E-state index contributed by atoms with van der Waals surface area (Å²) in [6.07, 6.45) is 4.71. The molecule has 218 valence electrons. The van der Waals surface area contributed by atoms with Crippen LogP contribution in [0.3, 0.4) is 0 Å². The number of hydrogen-bond acceptors (Lipinski definition) is 6. The number of primary amides is 1. The standard InChI is InChI=1S/C30H33N3O3.CH4O3S/c1-3-33(4-2)21-24-16-14-22(15-17-24)18-19-25-12-8-9-13-26(25)30(36)32-27(28(34)29(31)35)20-23-10-6-5-7-11-23;1-5(2,3)4/h5-19,27H,3-4,20-21H2,1-2H3,(H2,31,35)(H,32,36);1H3,(H,2,3,4). The van der Waals surface area contributed by atoms with Gasteiger partial charge in [0.1, 0.15) is 6.04 Å². The highest BCUT2D eigenvalue weighted by Crippen LogP contribution is 2.16. The molecule has 9 nitrogen and oxygen atoms in total. The molecule has 10 heteroatoms. The van der Waals surface area contributed by atoms with Crippen molar-refractivity contribution in [2.24, 2.45) is 5.73 Å². The first-order valence-corrected chi connectivity index (χ1v) is 14.9. The second-order valence-corrected chi connectivity index (χ2v) is 10.8. The van der Waals surface area contributed by atoms with Gasteiger partial charge in [0.25, 0.3) is 21.9 Å². The van der Waals surface area contributed by atoms with Crippen molar-refractivity contribution in [1.29, 1.82) is 0 Å². The van der Waals surface area contributed by atoms with Gasteiger partial charge in [0.15, 0.2) is 0 Å². The van der Waals surface area contributed by atoms with Crippen molar-refractivity contribution in [2.75, 3.05) is 19.3 Å². The van der Waals surface area contributed by atoms with Gasteiger partial charge >= 0.3 is 0 Å². The van der Waals surface area contributed by atoms with Gasteiger partial charge in [0.05, 0.1) is 6.26 Å². The average Bonchev–Trinajstić information content (AvgIpc) is 2.94. The van der Waals surface area contributed by atoms with Crippen LogP contribution >= 0.6 is 0 Å². The van der Waals surface area contributed by atoms with Crippen molar-refractivity contribution in [1.82, 2.24) is 10.2 Å². The highest BCUT2D eigenvalue weighted by Gasteiger charge is 2.26. The summed E-state index contributed by atoms with van der Waals surface area (Å²) < 4.78 is 25.9. The Kier molecular flexibility index (Phi) is 13.1. The molecule has 0 radical (unpaired) electrons. The van der Waals surface area contributed by atoms with Crippen LogP contribution in [0.2, 0.25) is 0 Å². The van der Waals surface area contributed by atoms with Crippen molar-refractivity contribution < 1.29 is 27.4 Å². The predicted octanol–water partition coefficient (Wildman–Crippen LogP) is 3.60. The lowest BCUT2D eigenvalue weighted by atomic mass is 10.00. The Balaban J connectivity index is 0.00000108. The van der Waals surface area contributed by atoms with Gasteiger partial charge in [-0.05, 0) is 41.4 Å². The minimum absolute atomic E-state index is 0.173. The number of ketones is 1. The molecule has 0 fully saturated rings. The molecule has 0 heterocycles. The Morgan fingerprint density at radius 2 is 1.44 bits per heavy atom. The van der Waals surface area contributed by atoms with Crippen LogP contribution in [0, 0.1) is 0 Å². The Labute approximate surface area is 241 Å². The summed E-state index contributed by atoms with van der Waals surface area (Å²) in [7, 11) is -3.67. The molecule has 0 saturated carbocycles. The molecule has 2 amide bonds. The first kappa shape index (κ1) is 33.1. The molecular formula is C31H37N3O6S. The smallest absolute Gasteiger partial charge is 0.287 e. The number of Topliss-reactive ketones (excluding diaryl/α,β-unsaturated/α-hetero) is 1. The lowest BCUT2D eigenvalue weighted by Crippen LogP contribution is -2.47. The monoisotopic (exact) mass is 579 g/mol. The van der Waals surface area contributed by atoms with Gasteiger partial charge in [0.2, 0.25) is 5.78 Å². The molecule has 0 aliphatic rings. The van der Waals surface area contributed by atoms with Crippen LogP contribution in [0.1, 0.15) is 46.5 Å². The number of carbonyl (C=O) groups excluding carboxylic acids is 3. The molecule has 3 rings (SSSR count). The molecule has 0 saturated heterocycles. The summed E-state index contributed by atoms with van der Waals surface area (Å²) in [6.45, 7) is 7.24. The average molecular weight is 580 g/mol. The molecule has 0 aromatic heterocycles.